The van der Waals surface area contributed by atoms with E-state index in [4.69, 9.17) is 4.74 Å². The minimum Gasteiger partial charge on any atom is -0.459 e. The minimum absolute atomic E-state index is 0.124. The van der Waals surface area contributed by atoms with Crippen molar-refractivity contribution in [2.75, 3.05) is 11.9 Å². The van der Waals surface area contributed by atoms with Gasteiger partial charge in [0.2, 0.25) is 0 Å². The van der Waals surface area contributed by atoms with Gasteiger partial charge in [-0.15, -0.1) is 0 Å². The number of hydrogen-bond acceptors (Lipinski definition) is 4. The molecule has 2 aromatic carbocycles. The number of aromatic nitrogens is 2. The number of halogens is 4. The van der Waals surface area contributed by atoms with Gasteiger partial charge in [-0.25, -0.2) is 4.98 Å². The van der Waals surface area contributed by atoms with Crippen molar-refractivity contribution in [2.45, 2.75) is 12.8 Å². The molecular formula is C19H15BrF3N3O. The van der Waals surface area contributed by atoms with Crippen molar-refractivity contribution in [2.24, 2.45) is 0 Å². The molecule has 0 aliphatic carbocycles. The van der Waals surface area contributed by atoms with Crippen LogP contribution >= 0.6 is 15.9 Å². The summed E-state index contributed by atoms with van der Waals surface area (Å²) in [5, 5.41) is 0. The summed E-state index contributed by atoms with van der Waals surface area (Å²) >= 11 is 3.35. The Hall–Kier alpha value is -2.61. The summed E-state index contributed by atoms with van der Waals surface area (Å²) in [4.78, 5) is 9.10. The first kappa shape index (κ1) is 19.2. The molecule has 0 saturated heterocycles. The number of benzene rings is 2. The third kappa shape index (κ3) is 4.57. The molecule has 0 bridgehead atoms. The number of alkyl halides is 3. The van der Waals surface area contributed by atoms with Crippen molar-refractivity contribution >= 4 is 27.4 Å². The summed E-state index contributed by atoms with van der Waals surface area (Å²) < 4.78 is 46.5. The number of nitrogens with zero attached hydrogens (tertiary/aromatic N) is 3. The van der Waals surface area contributed by atoms with Gasteiger partial charge in [-0.05, 0) is 33.6 Å². The van der Waals surface area contributed by atoms with E-state index in [9.17, 15) is 13.2 Å². The smallest absolute Gasteiger partial charge is 0.421 e. The summed E-state index contributed by atoms with van der Waals surface area (Å²) in [6.45, 7) is 0.157. The van der Waals surface area contributed by atoms with Gasteiger partial charge >= 0.3 is 12.2 Å². The highest BCUT2D eigenvalue weighted by atomic mass is 79.9. The van der Waals surface area contributed by atoms with E-state index < -0.39 is 11.7 Å². The van der Waals surface area contributed by atoms with Crippen molar-refractivity contribution in [1.29, 1.82) is 0 Å². The molecule has 0 amide bonds. The molecule has 0 aliphatic rings. The van der Waals surface area contributed by atoms with Gasteiger partial charge in [0.25, 0.3) is 0 Å². The van der Waals surface area contributed by atoms with Crippen LogP contribution in [0.15, 0.2) is 65.3 Å². The zero-order valence-electron chi connectivity index (χ0n) is 14.2. The third-order valence-corrected chi connectivity index (χ3v) is 4.46. The molecule has 1 aromatic heterocycles. The molecule has 0 radical (unpaired) electrons. The molecule has 0 atom stereocenters. The maximum absolute atomic E-state index is 13.4. The lowest BCUT2D eigenvalue weighted by molar-refractivity contribution is -0.137. The van der Waals surface area contributed by atoms with E-state index in [1.807, 2.05) is 30.3 Å². The zero-order chi connectivity index (χ0) is 19.4. The molecule has 8 heteroatoms. The van der Waals surface area contributed by atoms with Crippen LogP contribution in [0.25, 0.3) is 0 Å². The van der Waals surface area contributed by atoms with Gasteiger partial charge in [-0.1, -0.05) is 42.5 Å². The van der Waals surface area contributed by atoms with Gasteiger partial charge in [0, 0.05) is 17.7 Å². The van der Waals surface area contributed by atoms with E-state index in [0.29, 0.717) is 10.2 Å². The second-order valence-corrected chi connectivity index (χ2v) is 6.53. The molecule has 1 heterocycles. The Bertz CT molecular complexity index is 920. The van der Waals surface area contributed by atoms with E-state index in [0.717, 1.165) is 11.8 Å². The van der Waals surface area contributed by atoms with Gasteiger partial charge < -0.3 is 9.64 Å². The van der Waals surface area contributed by atoms with Crippen molar-refractivity contribution in [3.63, 3.8) is 0 Å². The second kappa shape index (κ2) is 7.96. The topological polar surface area (TPSA) is 38.2 Å². The van der Waals surface area contributed by atoms with Gasteiger partial charge in [-0.2, -0.15) is 18.2 Å². The lowest BCUT2D eigenvalue weighted by Crippen LogP contribution is -2.19. The monoisotopic (exact) mass is 437 g/mol. The first-order valence-electron chi connectivity index (χ1n) is 7.95. The Balaban J connectivity index is 1.95. The number of rotatable bonds is 5. The highest BCUT2D eigenvalue weighted by Crippen LogP contribution is 2.39. The molecule has 0 saturated carbocycles. The number of anilines is 2. The number of ether oxygens (including phenoxy) is 1. The van der Waals surface area contributed by atoms with Gasteiger partial charge in [-0.3, -0.25) is 0 Å². The van der Waals surface area contributed by atoms with E-state index in [1.54, 1.807) is 24.3 Å². The Morgan fingerprint density at radius 2 is 1.70 bits per heavy atom. The molecule has 3 rings (SSSR count). The van der Waals surface area contributed by atoms with Crippen LogP contribution in [0.1, 0.15) is 11.1 Å². The lowest BCUT2D eigenvalue weighted by atomic mass is 10.2. The Kier molecular flexibility index (Phi) is 5.65. The van der Waals surface area contributed by atoms with E-state index in [1.165, 1.54) is 11.9 Å². The van der Waals surface area contributed by atoms with Crippen LogP contribution in [-0.4, -0.2) is 17.0 Å². The molecule has 0 unspecified atom stereocenters. The van der Waals surface area contributed by atoms with Crippen molar-refractivity contribution in [1.82, 2.24) is 9.97 Å². The fraction of sp³-hybridized carbons (Fsp3) is 0.158. The first-order chi connectivity index (χ1) is 12.9. The molecule has 0 fully saturated rings. The number of hydrogen-bond donors (Lipinski definition) is 0. The highest BCUT2D eigenvalue weighted by Gasteiger charge is 2.37. The predicted octanol–water partition coefficient (Wildman–Crippen LogP) is 5.60. The SMILES string of the molecule is CN(c1ccccc1Br)c1nc(OCc2ccccc2)ncc1C(F)(F)F. The second-order valence-electron chi connectivity index (χ2n) is 5.67. The third-order valence-electron chi connectivity index (χ3n) is 3.79. The van der Waals surface area contributed by atoms with Gasteiger partial charge in [0.05, 0.1) is 5.69 Å². The van der Waals surface area contributed by atoms with E-state index >= 15 is 0 Å². The minimum atomic E-state index is -4.59. The highest BCUT2D eigenvalue weighted by molar-refractivity contribution is 9.10. The van der Waals surface area contributed by atoms with Crippen LogP contribution in [0.5, 0.6) is 6.01 Å². The van der Waals surface area contributed by atoms with Gasteiger partial charge in [0.15, 0.2) is 5.82 Å². The van der Waals surface area contributed by atoms with Crippen molar-refractivity contribution < 1.29 is 17.9 Å². The Morgan fingerprint density at radius 1 is 1.04 bits per heavy atom. The van der Waals surface area contributed by atoms with Gasteiger partial charge in [0.1, 0.15) is 12.2 Å². The quantitative estimate of drug-likeness (QED) is 0.520. The van der Waals surface area contributed by atoms with E-state index in [2.05, 4.69) is 25.9 Å². The van der Waals surface area contributed by atoms with Crippen LogP contribution in [0.4, 0.5) is 24.7 Å². The van der Waals surface area contributed by atoms with Crippen molar-refractivity contribution in [3.05, 3.63) is 76.4 Å². The average Bonchev–Trinajstić information content (AvgIpc) is 2.66. The first-order valence-corrected chi connectivity index (χ1v) is 8.75. The Labute approximate surface area is 162 Å². The summed E-state index contributed by atoms with van der Waals surface area (Å²) in [6, 6.07) is 16.1. The largest absolute Gasteiger partial charge is 0.459 e. The molecule has 0 aliphatic heterocycles. The Morgan fingerprint density at radius 3 is 2.37 bits per heavy atom. The van der Waals surface area contributed by atoms with Crippen molar-refractivity contribution in [3.8, 4) is 6.01 Å². The summed E-state index contributed by atoms with van der Waals surface area (Å²) in [6.07, 6.45) is -3.85. The molecule has 3 aromatic rings. The molecular weight excluding hydrogens is 423 g/mol. The van der Waals surface area contributed by atoms with Crippen LogP contribution < -0.4 is 9.64 Å². The molecule has 4 nitrogen and oxygen atoms in total. The maximum Gasteiger partial charge on any atom is 0.421 e. The molecule has 0 spiro atoms. The zero-order valence-corrected chi connectivity index (χ0v) is 15.8. The summed E-state index contributed by atoms with van der Waals surface area (Å²) in [5.74, 6) is -0.285. The van der Waals surface area contributed by atoms with Crippen LogP contribution in [0, 0.1) is 0 Å². The maximum atomic E-state index is 13.4. The molecule has 140 valence electrons. The van der Waals surface area contributed by atoms with E-state index in [-0.39, 0.29) is 18.4 Å². The van der Waals surface area contributed by atoms with Crippen LogP contribution in [-0.2, 0) is 12.8 Å². The molecule has 27 heavy (non-hydrogen) atoms. The fourth-order valence-electron chi connectivity index (χ4n) is 2.44. The predicted molar refractivity (Wildman–Crippen MR) is 100 cm³/mol. The number of para-hydroxylation sites is 1. The normalized spacial score (nSPS) is 11.3. The average molecular weight is 438 g/mol. The lowest BCUT2D eigenvalue weighted by Gasteiger charge is -2.23. The summed E-state index contributed by atoms with van der Waals surface area (Å²) in [5.41, 5.74) is 0.463. The fourth-order valence-corrected chi connectivity index (χ4v) is 2.99. The van der Waals surface area contributed by atoms with Crippen LogP contribution in [0.3, 0.4) is 0 Å². The standard InChI is InChI=1S/C19H15BrF3N3O/c1-26(16-10-6-5-9-15(16)20)17-14(19(21,22)23)11-24-18(25-17)27-12-13-7-3-2-4-8-13/h2-11H,12H2,1H3. The van der Waals surface area contributed by atoms with Crippen LogP contribution in [0.2, 0.25) is 0 Å². The summed E-state index contributed by atoms with van der Waals surface area (Å²) in [7, 11) is 1.51. The molecule has 0 N–H and O–H groups in total.